The van der Waals surface area contributed by atoms with E-state index in [-0.39, 0.29) is 6.10 Å². The number of aryl methyl sites for hydroxylation is 1. The molecule has 2 N–H and O–H groups in total. The van der Waals surface area contributed by atoms with Crippen molar-refractivity contribution in [2.24, 2.45) is 10.7 Å². The van der Waals surface area contributed by atoms with Crippen molar-refractivity contribution in [2.75, 3.05) is 19.6 Å². The van der Waals surface area contributed by atoms with Crippen LogP contribution in [0.3, 0.4) is 0 Å². The van der Waals surface area contributed by atoms with E-state index < -0.39 is 0 Å². The highest BCUT2D eigenvalue weighted by Crippen LogP contribution is 2.13. The fourth-order valence-electron chi connectivity index (χ4n) is 2.33. The lowest BCUT2D eigenvalue weighted by Gasteiger charge is -2.27. The Morgan fingerprint density at radius 3 is 2.55 bits per heavy atom. The number of ether oxygens (including phenoxy) is 1. The molecule has 1 atom stereocenters. The summed E-state index contributed by atoms with van der Waals surface area (Å²) in [6, 6.07) is 8.08. The Morgan fingerprint density at radius 2 is 1.90 bits per heavy atom. The summed E-state index contributed by atoms with van der Waals surface area (Å²) in [5.41, 5.74) is 7.26. The zero-order valence-electron chi connectivity index (χ0n) is 12.5. The SMILES string of the molecule is Cc1ccc(OC(C)CN=C(N)N2CCCCC2)cc1. The van der Waals surface area contributed by atoms with E-state index in [2.05, 4.69) is 16.8 Å². The van der Waals surface area contributed by atoms with Gasteiger partial charge in [-0.25, -0.2) is 4.99 Å². The van der Waals surface area contributed by atoms with Gasteiger partial charge >= 0.3 is 0 Å². The van der Waals surface area contributed by atoms with Gasteiger partial charge in [-0.1, -0.05) is 17.7 Å². The predicted octanol–water partition coefficient (Wildman–Crippen LogP) is 2.56. The van der Waals surface area contributed by atoms with Crippen LogP contribution < -0.4 is 10.5 Å². The molecule has 1 unspecified atom stereocenters. The molecule has 1 aliphatic heterocycles. The van der Waals surface area contributed by atoms with Crippen molar-refractivity contribution in [3.05, 3.63) is 29.8 Å². The molecule has 110 valence electrons. The van der Waals surface area contributed by atoms with Gasteiger partial charge in [0, 0.05) is 13.1 Å². The van der Waals surface area contributed by atoms with Crippen LogP contribution in [0.4, 0.5) is 0 Å². The number of rotatable bonds is 4. The van der Waals surface area contributed by atoms with Crippen LogP contribution in [0.2, 0.25) is 0 Å². The first-order valence-corrected chi connectivity index (χ1v) is 7.43. The third kappa shape index (κ3) is 4.44. The molecule has 1 aromatic rings. The van der Waals surface area contributed by atoms with Crippen LogP contribution in [0.25, 0.3) is 0 Å². The van der Waals surface area contributed by atoms with Crippen molar-refractivity contribution in [3.8, 4) is 5.75 Å². The van der Waals surface area contributed by atoms with Gasteiger partial charge in [-0.3, -0.25) is 0 Å². The van der Waals surface area contributed by atoms with Gasteiger partial charge in [0.05, 0.1) is 6.54 Å². The van der Waals surface area contributed by atoms with Crippen molar-refractivity contribution in [1.29, 1.82) is 0 Å². The number of hydrogen-bond acceptors (Lipinski definition) is 2. The summed E-state index contributed by atoms with van der Waals surface area (Å²) in [5.74, 6) is 1.54. The van der Waals surface area contributed by atoms with E-state index in [1.54, 1.807) is 0 Å². The topological polar surface area (TPSA) is 50.9 Å². The zero-order valence-corrected chi connectivity index (χ0v) is 12.5. The van der Waals surface area contributed by atoms with Crippen LogP contribution in [0.5, 0.6) is 5.75 Å². The highest BCUT2D eigenvalue weighted by Gasteiger charge is 2.12. The Labute approximate surface area is 121 Å². The quantitative estimate of drug-likeness (QED) is 0.678. The molecule has 2 rings (SSSR count). The first-order chi connectivity index (χ1) is 9.65. The summed E-state index contributed by atoms with van der Waals surface area (Å²) in [5, 5.41) is 0. The Balaban J connectivity index is 1.81. The van der Waals surface area contributed by atoms with Crippen molar-refractivity contribution >= 4 is 5.96 Å². The minimum Gasteiger partial charge on any atom is -0.489 e. The van der Waals surface area contributed by atoms with Crippen LogP contribution in [0.1, 0.15) is 31.7 Å². The van der Waals surface area contributed by atoms with E-state index in [0.29, 0.717) is 12.5 Å². The summed E-state index contributed by atoms with van der Waals surface area (Å²) >= 11 is 0. The van der Waals surface area contributed by atoms with E-state index in [9.17, 15) is 0 Å². The van der Waals surface area contributed by atoms with Crippen molar-refractivity contribution in [3.63, 3.8) is 0 Å². The van der Waals surface area contributed by atoms with E-state index in [4.69, 9.17) is 10.5 Å². The lowest BCUT2D eigenvalue weighted by Crippen LogP contribution is -2.41. The lowest BCUT2D eigenvalue weighted by molar-refractivity contribution is 0.229. The van der Waals surface area contributed by atoms with Crippen LogP contribution >= 0.6 is 0 Å². The monoisotopic (exact) mass is 275 g/mol. The highest BCUT2D eigenvalue weighted by atomic mass is 16.5. The maximum Gasteiger partial charge on any atom is 0.191 e. The summed E-state index contributed by atoms with van der Waals surface area (Å²) in [6.45, 7) is 6.74. The summed E-state index contributed by atoms with van der Waals surface area (Å²) in [7, 11) is 0. The number of nitrogens with two attached hydrogens (primary N) is 1. The number of benzene rings is 1. The highest BCUT2D eigenvalue weighted by molar-refractivity contribution is 5.78. The normalized spacial score (nSPS) is 17.9. The fraction of sp³-hybridized carbons (Fsp3) is 0.562. The number of piperidine rings is 1. The van der Waals surface area contributed by atoms with Crippen LogP contribution in [-0.4, -0.2) is 36.6 Å². The van der Waals surface area contributed by atoms with E-state index in [1.165, 1.54) is 24.8 Å². The molecule has 4 nitrogen and oxygen atoms in total. The second-order valence-corrected chi connectivity index (χ2v) is 5.49. The van der Waals surface area contributed by atoms with Crippen LogP contribution in [0.15, 0.2) is 29.3 Å². The largest absolute Gasteiger partial charge is 0.489 e. The molecule has 0 aromatic heterocycles. The van der Waals surface area contributed by atoms with E-state index >= 15 is 0 Å². The van der Waals surface area contributed by atoms with Gasteiger partial charge in [0.2, 0.25) is 0 Å². The molecule has 0 spiro atoms. The van der Waals surface area contributed by atoms with Gasteiger partial charge in [-0.15, -0.1) is 0 Å². The molecule has 1 aliphatic rings. The Morgan fingerprint density at radius 1 is 1.25 bits per heavy atom. The number of nitrogens with zero attached hydrogens (tertiary/aromatic N) is 2. The summed E-state index contributed by atoms with van der Waals surface area (Å²) in [6.07, 6.45) is 3.76. The van der Waals surface area contributed by atoms with Gasteiger partial charge in [-0.05, 0) is 45.2 Å². The molecule has 0 saturated carbocycles. The Hall–Kier alpha value is -1.71. The van der Waals surface area contributed by atoms with Gasteiger partial charge in [0.25, 0.3) is 0 Å². The molecule has 1 aromatic carbocycles. The van der Waals surface area contributed by atoms with Crippen LogP contribution in [-0.2, 0) is 0 Å². The van der Waals surface area contributed by atoms with Gasteiger partial charge in [0.1, 0.15) is 11.9 Å². The van der Waals surface area contributed by atoms with E-state index in [1.807, 2.05) is 31.2 Å². The van der Waals surface area contributed by atoms with Crippen molar-refractivity contribution in [2.45, 2.75) is 39.2 Å². The molecule has 0 aliphatic carbocycles. The Bertz CT molecular complexity index is 436. The number of hydrogen-bond donors (Lipinski definition) is 1. The van der Waals surface area contributed by atoms with Gasteiger partial charge in [0.15, 0.2) is 5.96 Å². The summed E-state index contributed by atoms with van der Waals surface area (Å²) < 4.78 is 5.83. The van der Waals surface area contributed by atoms with Gasteiger partial charge in [-0.2, -0.15) is 0 Å². The van der Waals surface area contributed by atoms with Crippen molar-refractivity contribution in [1.82, 2.24) is 4.90 Å². The number of aliphatic imine (C=N–C) groups is 1. The van der Waals surface area contributed by atoms with Gasteiger partial charge < -0.3 is 15.4 Å². The fourth-order valence-corrected chi connectivity index (χ4v) is 2.33. The molecule has 0 amide bonds. The molecule has 1 fully saturated rings. The first kappa shape index (κ1) is 14.7. The number of likely N-dealkylation sites (tertiary alicyclic amines) is 1. The molecule has 1 saturated heterocycles. The number of guanidine groups is 1. The third-order valence-electron chi connectivity index (χ3n) is 3.55. The van der Waals surface area contributed by atoms with Crippen LogP contribution in [0, 0.1) is 6.92 Å². The summed E-state index contributed by atoms with van der Waals surface area (Å²) in [4.78, 5) is 6.63. The average molecular weight is 275 g/mol. The molecule has 0 radical (unpaired) electrons. The maximum atomic E-state index is 6.03. The minimum atomic E-state index is 0.0287. The molecule has 0 bridgehead atoms. The zero-order chi connectivity index (χ0) is 14.4. The first-order valence-electron chi connectivity index (χ1n) is 7.43. The molecule has 4 heteroatoms. The Kier molecular flexibility index (Phi) is 5.27. The lowest BCUT2D eigenvalue weighted by atomic mass is 10.1. The van der Waals surface area contributed by atoms with E-state index in [0.717, 1.165) is 18.8 Å². The molecule has 1 heterocycles. The average Bonchev–Trinajstić information content (AvgIpc) is 2.48. The smallest absolute Gasteiger partial charge is 0.191 e. The molecule has 20 heavy (non-hydrogen) atoms. The molecular formula is C16H25N3O. The molecular weight excluding hydrogens is 250 g/mol. The van der Waals surface area contributed by atoms with Crippen molar-refractivity contribution < 1.29 is 4.74 Å². The maximum absolute atomic E-state index is 6.03. The predicted molar refractivity (Wildman–Crippen MR) is 83.2 cm³/mol. The standard InChI is InChI=1S/C16H25N3O/c1-13-6-8-15(9-7-13)20-14(2)12-18-16(17)19-10-4-3-5-11-19/h6-9,14H,3-5,10-12H2,1-2H3,(H2,17,18). The second-order valence-electron chi connectivity index (χ2n) is 5.49. The third-order valence-corrected chi connectivity index (χ3v) is 3.55. The minimum absolute atomic E-state index is 0.0287. The second kappa shape index (κ2) is 7.17.